The molecular formula is C11H25O6P. The SMILES string of the molecule is CCCCOCC(C)C(CCC)OOP(=O)(O)O. The van der Waals surface area contributed by atoms with Crippen molar-refractivity contribution in [2.24, 2.45) is 5.92 Å². The second-order valence-electron chi connectivity index (χ2n) is 4.39. The second kappa shape index (κ2) is 9.89. The average molecular weight is 284 g/mol. The third-order valence-electron chi connectivity index (χ3n) is 2.49. The van der Waals surface area contributed by atoms with Crippen LogP contribution in [-0.4, -0.2) is 29.1 Å². The van der Waals surface area contributed by atoms with Crippen LogP contribution in [0.4, 0.5) is 0 Å². The van der Waals surface area contributed by atoms with Gasteiger partial charge in [0.25, 0.3) is 0 Å². The maximum Gasteiger partial charge on any atom is 0.496 e. The Morgan fingerprint density at radius 1 is 1.22 bits per heavy atom. The lowest BCUT2D eigenvalue weighted by atomic mass is 10.0. The predicted octanol–water partition coefficient (Wildman–Crippen LogP) is 2.65. The van der Waals surface area contributed by atoms with Crippen LogP contribution in [0.25, 0.3) is 0 Å². The number of rotatable bonds is 11. The highest BCUT2D eigenvalue weighted by Gasteiger charge is 2.24. The molecule has 0 aliphatic rings. The van der Waals surface area contributed by atoms with Gasteiger partial charge in [-0.2, -0.15) is 0 Å². The van der Waals surface area contributed by atoms with Crippen molar-refractivity contribution in [3.05, 3.63) is 0 Å². The molecule has 0 saturated heterocycles. The first kappa shape index (κ1) is 18.0. The molecule has 0 radical (unpaired) electrons. The van der Waals surface area contributed by atoms with E-state index in [0.29, 0.717) is 19.6 Å². The Morgan fingerprint density at radius 2 is 1.89 bits per heavy atom. The zero-order valence-corrected chi connectivity index (χ0v) is 12.3. The Bertz CT molecular complexity index is 242. The van der Waals surface area contributed by atoms with Crippen molar-refractivity contribution in [1.29, 1.82) is 0 Å². The van der Waals surface area contributed by atoms with E-state index in [-0.39, 0.29) is 12.0 Å². The van der Waals surface area contributed by atoms with Gasteiger partial charge in [0.15, 0.2) is 0 Å². The first-order chi connectivity index (χ1) is 8.40. The van der Waals surface area contributed by atoms with Gasteiger partial charge in [0.2, 0.25) is 0 Å². The molecule has 0 aromatic carbocycles. The maximum absolute atomic E-state index is 10.6. The van der Waals surface area contributed by atoms with Crippen LogP contribution in [0.3, 0.4) is 0 Å². The van der Waals surface area contributed by atoms with E-state index >= 15 is 0 Å². The number of unbranched alkanes of at least 4 members (excludes halogenated alkanes) is 1. The summed E-state index contributed by atoms with van der Waals surface area (Å²) in [5, 5.41) is 0. The summed E-state index contributed by atoms with van der Waals surface area (Å²) in [6.45, 7) is 7.16. The molecule has 2 atom stereocenters. The standard InChI is InChI=1S/C11H25O6P/c1-4-6-8-15-9-10(3)11(7-5-2)16-17-18(12,13)14/h10-11H,4-9H2,1-3H3,(H2,12,13,14). The zero-order chi connectivity index (χ0) is 14.0. The van der Waals surface area contributed by atoms with E-state index in [4.69, 9.17) is 19.4 Å². The lowest BCUT2D eigenvalue weighted by Crippen LogP contribution is -2.25. The summed E-state index contributed by atoms with van der Waals surface area (Å²) in [5.74, 6) is 0.0216. The highest BCUT2D eigenvalue weighted by molar-refractivity contribution is 7.46. The number of phosphoric acid groups is 1. The van der Waals surface area contributed by atoms with Crippen LogP contribution in [0.2, 0.25) is 0 Å². The maximum atomic E-state index is 10.6. The largest absolute Gasteiger partial charge is 0.496 e. The van der Waals surface area contributed by atoms with Gasteiger partial charge < -0.3 is 14.5 Å². The molecule has 0 fully saturated rings. The topological polar surface area (TPSA) is 85.2 Å². The third kappa shape index (κ3) is 10.00. The summed E-state index contributed by atoms with van der Waals surface area (Å²) in [7, 11) is -4.58. The van der Waals surface area contributed by atoms with E-state index in [0.717, 1.165) is 19.3 Å². The van der Waals surface area contributed by atoms with Gasteiger partial charge in [-0.15, -0.1) is 4.67 Å². The van der Waals surface area contributed by atoms with Crippen molar-refractivity contribution >= 4 is 7.82 Å². The molecule has 6 nitrogen and oxygen atoms in total. The van der Waals surface area contributed by atoms with E-state index in [1.807, 2.05) is 13.8 Å². The minimum Gasteiger partial charge on any atom is -0.381 e. The van der Waals surface area contributed by atoms with Gasteiger partial charge in [-0.05, 0) is 12.8 Å². The molecule has 0 spiro atoms. The minimum atomic E-state index is -4.58. The van der Waals surface area contributed by atoms with Gasteiger partial charge in [-0.3, -0.25) is 0 Å². The van der Waals surface area contributed by atoms with Crippen molar-refractivity contribution in [1.82, 2.24) is 0 Å². The normalized spacial score (nSPS) is 15.6. The highest BCUT2D eigenvalue weighted by Crippen LogP contribution is 2.37. The molecule has 0 aromatic heterocycles. The zero-order valence-electron chi connectivity index (χ0n) is 11.4. The van der Waals surface area contributed by atoms with E-state index in [1.165, 1.54) is 0 Å². The summed E-state index contributed by atoms with van der Waals surface area (Å²) in [6.07, 6.45) is 3.21. The lowest BCUT2D eigenvalue weighted by molar-refractivity contribution is -0.273. The predicted molar refractivity (Wildman–Crippen MR) is 67.8 cm³/mol. The molecule has 0 rings (SSSR count). The monoisotopic (exact) mass is 284 g/mol. The van der Waals surface area contributed by atoms with Crippen LogP contribution in [0.1, 0.15) is 46.5 Å². The average Bonchev–Trinajstić information content (AvgIpc) is 2.28. The molecule has 2 N–H and O–H groups in total. The molecule has 0 aromatic rings. The molecule has 0 amide bonds. The van der Waals surface area contributed by atoms with Crippen molar-refractivity contribution < 1.29 is 28.7 Å². The molecule has 110 valence electrons. The van der Waals surface area contributed by atoms with E-state index < -0.39 is 7.82 Å². The first-order valence-corrected chi connectivity index (χ1v) is 7.92. The molecule has 0 aliphatic heterocycles. The van der Waals surface area contributed by atoms with Crippen molar-refractivity contribution in [3.63, 3.8) is 0 Å². The fourth-order valence-electron chi connectivity index (χ4n) is 1.45. The van der Waals surface area contributed by atoms with Gasteiger partial charge in [-0.1, -0.05) is 33.6 Å². The molecule has 0 saturated carbocycles. The summed E-state index contributed by atoms with van der Waals surface area (Å²) >= 11 is 0. The van der Waals surface area contributed by atoms with Crippen LogP contribution >= 0.6 is 7.82 Å². The Labute approximate surface area is 109 Å². The van der Waals surface area contributed by atoms with Gasteiger partial charge >= 0.3 is 7.82 Å². The van der Waals surface area contributed by atoms with Crippen LogP contribution in [0.5, 0.6) is 0 Å². The summed E-state index contributed by atoms with van der Waals surface area (Å²) in [4.78, 5) is 22.0. The molecule has 2 unspecified atom stereocenters. The van der Waals surface area contributed by atoms with Gasteiger partial charge in [0, 0.05) is 12.5 Å². The summed E-state index contributed by atoms with van der Waals surface area (Å²) in [5.41, 5.74) is 0. The molecule has 0 heterocycles. The van der Waals surface area contributed by atoms with Gasteiger partial charge in [0.1, 0.15) is 0 Å². The van der Waals surface area contributed by atoms with Crippen molar-refractivity contribution in [3.8, 4) is 0 Å². The van der Waals surface area contributed by atoms with Crippen LogP contribution in [0.15, 0.2) is 0 Å². The summed E-state index contributed by atoms with van der Waals surface area (Å²) in [6, 6.07) is 0. The quantitative estimate of drug-likeness (QED) is 0.262. The Kier molecular flexibility index (Phi) is 9.91. The van der Waals surface area contributed by atoms with Gasteiger partial charge in [-0.25, -0.2) is 9.45 Å². The number of ether oxygens (including phenoxy) is 1. The number of hydrogen-bond donors (Lipinski definition) is 2. The smallest absolute Gasteiger partial charge is 0.381 e. The lowest BCUT2D eigenvalue weighted by Gasteiger charge is -2.22. The van der Waals surface area contributed by atoms with Gasteiger partial charge in [0.05, 0.1) is 12.7 Å². The number of hydrogen-bond acceptors (Lipinski definition) is 4. The first-order valence-electron chi connectivity index (χ1n) is 6.39. The van der Waals surface area contributed by atoms with Crippen molar-refractivity contribution in [2.75, 3.05) is 13.2 Å². The van der Waals surface area contributed by atoms with E-state index in [2.05, 4.69) is 11.6 Å². The third-order valence-corrected chi connectivity index (χ3v) is 2.77. The second-order valence-corrected chi connectivity index (χ2v) is 5.52. The van der Waals surface area contributed by atoms with Crippen LogP contribution < -0.4 is 0 Å². The summed E-state index contributed by atoms with van der Waals surface area (Å²) < 4.78 is 20.1. The highest BCUT2D eigenvalue weighted by atomic mass is 31.2. The molecule has 0 aliphatic carbocycles. The molecular weight excluding hydrogens is 259 g/mol. The Hall–Kier alpha value is 0.0300. The Balaban J connectivity index is 4.01. The minimum absolute atomic E-state index is 0.0216. The van der Waals surface area contributed by atoms with E-state index in [9.17, 15) is 4.57 Å². The molecule has 7 heteroatoms. The van der Waals surface area contributed by atoms with Crippen LogP contribution in [-0.2, 0) is 18.9 Å². The molecule has 18 heavy (non-hydrogen) atoms. The fourth-order valence-corrected chi connectivity index (χ4v) is 1.67. The molecule has 0 bridgehead atoms. The van der Waals surface area contributed by atoms with Crippen LogP contribution in [0, 0.1) is 5.92 Å². The van der Waals surface area contributed by atoms with Crippen molar-refractivity contribution in [2.45, 2.75) is 52.6 Å². The Morgan fingerprint density at radius 3 is 2.39 bits per heavy atom. The van der Waals surface area contributed by atoms with E-state index in [1.54, 1.807) is 0 Å². The fraction of sp³-hybridized carbons (Fsp3) is 1.00.